The molecule has 30 heavy (non-hydrogen) atoms. The fourth-order valence-corrected chi connectivity index (χ4v) is 2.74. The summed E-state index contributed by atoms with van der Waals surface area (Å²) in [5.41, 5.74) is 2.80. The van der Waals surface area contributed by atoms with Crippen molar-refractivity contribution in [2.24, 2.45) is 0 Å². The highest BCUT2D eigenvalue weighted by molar-refractivity contribution is 7.22. The van der Waals surface area contributed by atoms with Crippen LogP contribution in [0.3, 0.4) is 0 Å². The number of halogens is 2. The summed E-state index contributed by atoms with van der Waals surface area (Å²) < 4.78 is 26.8. The van der Waals surface area contributed by atoms with Crippen LogP contribution in [0.4, 0.5) is 8.78 Å². The zero-order chi connectivity index (χ0) is 22.5. The van der Waals surface area contributed by atoms with Crippen molar-refractivity contribution in [2.45, 2.75) is 26.7 Å². The molecule has 0 fully saturated rings. The SMILES string of the molecule is C=CN(CNC1=CCC=C(C(=C=O)NC)C=C1)CC(=CC/C(P)=C(\C)F)/C=C(\C)F. The normalized spacial score (nSPS) is 15.3. The van der Waals surface area contributed by atoms with Crippen LogP contribution in [0, 0.1) is 0 Å². The Morgan fingerprint density at radius 2 is 2.07 bits per heavy atom. The summed E-state index contributed by atoms with van der Waals surface area (Å²) in [4.78, 5) is 12.9. The van der Waals surface area contributed by atoms with Crippen LogP contribution in [0.15, 0.2) is 88.7 Å². The van der Waals surface area contributed by atoms with Crippen molar-refractivity contribution in [1.82, 2.24) is 15.5 Å². The number of hydrogen-bond donors (Lipinski definition) is 2. The quantitative estimate of drug-likeness (QED) is 0.209. The maximum atomic E-state index is 13.5. The van der Waals surface area contributed by atoms with Gasteiger partial charge in [0.2, 0.25) is 0 Å². The van der Waals surface area contributed by atoms with E-state index in [2.05, 4.69) is 26.5 Å². The van der Waals surface area contributed by atoms with Crippen molar-refractivity contribution in [3.05, 3.63) is 88.7 Å². The zero-order valence-corrected chi connectivity index (χ0v) is 18.9. The topological polar surface area (TPSA) is 44.4 Å². The molecule has 0 saturated carbocycles. The van der Waals surface area contributed by atoms with Crippen LogP contribution >= 0.6 is 9.24 Å². The van der Waals surface area contributed by atoms with E-state index in [1.54, 1.807) is 19.3 Å². The fourth-order valence-electron chi connectivity index (χ4n) is 2.62. The van der Waals surface area contributed by atoms with Crippen molar-refractivity contribution < 1.29 is 13.6 Å². The molecule has 0 radical (unpaired) electrons. The monoisotopic (exact) mass is 433 g/mol. The number of nitrogens with zero attached hydrogens (tertiary/aromatic N) is 1. The summed E-state index contributed by atoms with van der Waals surface area (Å²) >= 11 is 0. The predicted molar refractivity (Wildman–Crippen MR) is 124 cm³/mol. The lowest BCUT2D eigenvalue weighted by molar-refractivity contribution is 0.390. The highest BCUT2D eigenvalue weighted by atomic mass is 31.0. The van der Waals surface area contributed by atoms with E-state index in [0.717, 1.165) is 16.8 Å². The molecule has 0 heterocycles. The molecule has 0 aromatic rings. The van der Waals surface area contributed by atoms with Crippen molar-refractivity contribution >= 4 is 15.2 Å². The molecule has 1 unspecified atom stereocenters. The summed E-state index contributed by atoms with van der Waals surface area (Å²) in [7, 11) is 4.05. The minimum atomic E-state index is -0.318. The first kappa shape index (κ1) is 25.4. The smallest absolute Gasteiger partial charge is 0.150 e. The Bertz CT molecular complexity index is 852. The number of rotatable bonds is 11. The van der Waals surface area contributed by atoms with Gasteiger partial charge in [-0.25, -0.2) is 13.6 Å². The maximum absolute atomic E-state index is 13.5. The van der Waals surface area contributed by atoms with Crippen LogP contribution in [0.2, 0.25) is 0 Å². The second-order valence-electron chi connectivity index (χ2n) is 6.65. The third kappa shape index (κ3) is 9.21. The van der Waals surface area contributed by atoms with Crippen LogP contribution in [0.1, 0.15) is 26.7 Å². The molecule has 0 aromatic heterocycles. The van der Waals surface area contributed by atoms with Crippen LogP contribution in [0.5, 0.6) is 0 Å². The number of allylic oxidation sites excluding steroid dienone is 8. The van der Waals surface area contributed by atoms with Crippen molar-refractivity contribution in [2.75, 3.05) is 20.3 Å². The van der Waals surface area contributed by atoms with E-state index in [1.165, 1.54) is 19.9 Å². The van der Waals surface area contributed by atoms with Gasteiger partial charge in [-0.3, -0.25) is 0 Å². The van der Waals surface area contributed by atoms with Gasteiger partial charge in [-0.1, -0.05) is 30.9 Å². The lowest BCUT2D eigenvalue weighted by Crippen LogP contribution is -2.30. The molecule has 7 heteroatoms. The van der Waals surface area contributed by atoms with Crippen molar-refractivity contribution in [3.8, 4) is 0 Å². The summed E-state index contributed by atoms with van der Waals surface area (Å²) in [5.74, 6) is 1.31. The van der Waals surface area contributed by atoms with E-state index in [0.29, 0.717) is 37.1 Å². The third-order valence-electron chi connectivity index (χ3n) is 4.30. The number of hydrogen-bond acceptors (Lipinski definition) is 4. The Hall–Kier alpha value is -2.68. The van der Waals surface area contributed by atoms with E-state index < -0.39 is 0 Å². The van der Waals surface area contributed by atoms with Crippen LogP contribution in [-0.2, 0) is 4.79 Å². The second kappa shape index (κ2) is 13.5. The van der Waals surface area contributed by atoms with Gasteiger partial charge in [0.15, 0.2) is 5.94 Å². The highest BCUT2D eigenvalue weighted by Gasteiger charge is 2.07. The average Bonchev–Trinajstić information content (AvgIpc) is 2.95. The molecule has 4 nitrogen and oxygen atoms in total. The van der Waals surface area contributed by atoms with Crippen molar-refractivity contribution in [1.29, 1.82) is 0 Å². The molecule has 1 aliphatic rings. The third-order valence-corrected chi connectivity index (χ3v) is 4.93. The Morgan fingerprint density at radius 1 is 1.33 bits per heavy atom. The van der Waals surface area contributed by atoms with Gasteiger partial charge < -0.3 is 15.5 Å². The first-order valence-corrected chi connectivity index (χ1v) is 10.1. The molecule has 2 N–H and O–H groups in total. The summed E-state index contributed by atoms with van der Waals surface area (Å²) in [6, 6.07) is 0. The molecular formula is C23H30F2N3OP. The minimum absolute atomic E-state index is 0.260. The van der Waals surface area contributed by atoms with Crippen LogP contribution in [-0.4, -0.2) is 31.1 Å². The van der Waals surface area contributed by atoms with Gasteiger partial charge in [-0.2, -0.15) is 0 Å². The van der Waals surface area contributed by atoms with Gasteiger partial charge in [0.05, 0.1) is 12.5 Å². The Labute approximate surface area is 180 Å². The van der Waals surface area contributed by atoms with E-state index in [4.69, 9.17) is 0 Å². The molecule has 1 aliphatic carbocycles. The second-order valence-corrected chi connectivity index (χ2v) is 7.35. The van der Waals surface area contributed by atoms with Gasteiger partial charge in [0.25, 0.3) is 0 Å². The average molecular weight is 433 g/mol. The lowest BCUT2D eigenvalue weighted by atomic mass is 10.1. The van der Waals surface area contributed by atoms with Crippen LogP contribution < -0.4 is 10.6 Å². The lowest BCUT2D eigenvalue weighted by Gasteiger charge is -2.22. The first-order chi connectivity index (χ1) is 14.3. The molecule has 162 valence electrons. The summed E-state index contributed by atoms with van der Waals surface area (Å²) in [5, 5.41) is 6.66. The summed E-state index contributed by atoms with van der Waals surface area (Å²) in [6.45, 7) is 7.45. The Morgan fingerprint density at radius 3 is 2.63 bits per heavy atom. The molecule has 1 atom stereocenters. The molecule has 0 spiro atoms. The number of likely N-dealkylation sites (N-methyl/N-ethyl adjacent to an activating group) is 1. The molecule has 0 bridgehead atoms. The molecule has 0 amide bonds. The van der Waals surface area contributed by atoms with Gasteiger partial charge in [-0.15, -0.1) is 9.24 Å². The first-order valence-electron chi connectivity index (χ1n) is 9.56. The van der Waals surface area contributed by atoms with E-state index in [9.17, 15) is 13.6 Å². The Balaban J connectivity index is 2.80. The van der Waals surface area contributed by atoms with Gasteiger partial charge in [-0.05, 0) is 55.9 Å². The number of nitrogens with one attached hydrogen (secondary N) is 2. The number of carbonyl (C=O) groups excluding carboxylic acids is 1. The van der Waals surface area contributed by atoms with E-state index in [-0.39, 0.29) is 11.7 Å². The standard InChI is InChI=1S/C23H30F2N3OP/c1-5-28(14-19(13-17(2)24)9-12-23(30)18(3)25)16-27-21-8-6-7-20(10-11-21)22(15-29)26-4/h5,7-11,13,26-27H,1,6,12,14,16,30H2,2-4H3/b17-13+,19-9?,23-18-. The maximum Gasteiger partial charge on any atom is 0.150 e. The van der Waals surface area contributed by atoms with E-state index >= 15 is 0 Å². The molecule has 0 aromatic carbocycles. The summed E-state index contributed by atoms with van der Waals surface area (Å²) in [6.07, 6.45) is 13.6. The molecular weight excluding hydrogens is 403 g/mol. The van der Waals surface area contributed by atoms with E-state index in [1.807, 2.05) is 35.1 Å². The molecule has 0 saturated heterocycles. The fraction of sp³-hybridized carbons (Fsp3) is 0.304. The van der Waals surface area contributed by atoms with Gasteiger partial charge in [0.1, 0.15) is 11.5 Å². The molecule has 0 aliphatic heterocycles. The minimum Gasteiger partial charge on any atom is -0.379 e. The largest absolute Gasteiger partial charge is 0.379 e. The zero-order valence-electron chi connectivity index (χ0n) is 17.8. The van der Waals surface area contributed by atoms with Crippen LogP contribution in [0.25, 0.3) is 0 Å². The van der Waals surface area contributed by atoms with Crippen molar-refractivity contribution in [3.63, 3.8) is 0 Å². The highest BCUT2D eigenvalue weighted by Crippen LogP contribution is 2.20. The molecule has 1 rings (SSSR count). The predicted octanol–water partition coefficient (Wildman–Crippen LogP) is 4.95. The van der Waals surface area contributed by atoms with Gasteiger partial charge >= 0.3 is 0 Å². The van der Waals surface area contributed by atoms with Gasteiger partial charge in [0, 0.05) is 24.9 Å². The Kier molecular flexibility index (Phi) is 11.4.